The topological polar surface area (TPSA) is 70.4 Å². The van der Waals surface area contributed by atoms with Crippen molar-refractivity contribution in [2.45, 2.75) is 45.3 Å². The van der Waals surface area contributed by atoms with E-state index in [2.05, 4.69) is 21.1 Å². The standard InChI is InChI=1S/C14H24N4O2/c1-11(19)9-17(2)14(20)15-7-6-12-10-18-8-4-3-5-13(18)16-12/h10-11,19H,3-9H2,1-2H3,(H,15,20). The lowest BCUT2D eigenvalue weighted by molar-refractivity contribution is 0.144. The molecule has 1 aromatic rings. The van der Waals surface area contributed by atoms with Crippen molar-refractivity contribution in [2.75, 3.05) is 20.1 Å². The first kappa shape index (κ1) is 14.8. The molecule has 20 heavy (non-hydrogen) atoms. The van der Waals surface area contributed by atoms with Gasteiger partial charge < -0.3 is 19.9 Å². The van der Waals surface area contributed by atoms with Crippen LogP contribution in [0, 0.1) is 0 Å². The first-order valence-corrected chi connectivity index (χ1v) is 7.28. The number of aliphatic hydroxyl groups is 1. The number of nitrogens with zero attached hydrogens (tertiary/aromatic N) is 3. The van der Waals surface area contributed by atoms with E-state index < -0.39 is 6.10 Å². The summed E-state index contributed by atoms with van der Waals surface area (Å²) in [4.78, 5) is 17.8. The van der Waals surface area contributed by atoms with Crippen LogP contribution in [0.15, 0.2) is 6.20 Å². The molecule has 2 rings (SSSR count). The number of amides is 2. The maximum atomic E-state index is 11.7. The van der Waals surface area contributed by atoms with Gasteiger partial charge in [0.1, 0.15) is 5.82 Å². The normalized spacial score (nSPS) is 15.6. The van der Waals surface area contributed by atoms with Crippen LogP contribution in [0.4, 0.5) is 4.79 Å². The average molecular weight is 280 g/mol. The van der Waals surface area contributed by atoms with Crippen LogP contribution >= 0.6 is 0 Å². The molecule has 0 aromatic carbocycles. The maximum absolute atomic E-state index is 11.7. The van der Waals surface area contributed by atoms with E-state index in [0.29, 0.717) is 13.1 Å². The number of aryl methyl sites for hydroxylation is 2. The van der Waals surface area contributed by atoms with Gasteiger partial charge in [0, 0.05) is 45.7 Å². The molecule has 1 aliphatic heterocycles. The van der Waals surface area contributed by atoms with Gasteiger partial charge in [-0.2, -0.15) is 0 Å². The number of aromatic nitrogens is 2. The fourth-order valence-electron chi connectivity index (χ4n) is 2.50. The third-order valence-corrected chi connectivity index (χ3v) is 3.50. The van der Waals surface area contributed by atoms with Gasteiger partial charge in [0.2, 0.25) is 0 Å². The van der Waals surface area contributed by atoms with Crippen molar-refractivity contribution in [2.24, 2.45) is 0 Å². The third kappa shape index (κ3) is 3.96. The van der Waals surface area contributed by atoms with Crippen molar-refractivity contribution in [1.82, 2.24) is 19.8 Å². The van der Waals surface area contributed by atoms with Crippen LogP contribution in [-0.4, -0.2) is 51.8 Å². The summed E-state index contributed by atoms with van der Waals surface area (Å²) in [6.45, 7) is 3.63. The fourth-order valence-corrected chi connectivity index (χ4v) is 2.50. The van der Waals surface area contributed by atoms with Crippen LogP contribution in [0.25, 0.3) is 0 Å². The number of imidazole rings is 1. The quantitative estimate of drug-likeness (QED) is 0.837. The predicted molar refractivity (Wildman–Crippen MR) is 76.6 cm³/mol. The minimum absolute atomic E-state index is 0.158. The average Bonchev–Trinajstić information content (AvgIpc) is 2.80. The van der Waals surface area contributed by atoms with Crippen LogP contribution in [0.2, 0.25) is 0 Å². The molecular weight excluding hydrogens is 256 g/mol. The number of rotatable bonds is 5. The Morgan fingerprint density at radius 1 is 1.60 bits per heavy atom. The SMILES string of the molecule is CC(O)CN(C)C(=O)NCCc1cn2c(n1)CCCC2. The molecule has 0 saturated heterocycles. The number of fused-ring (bicyclic) bond motifs is 1. The molecule has 1 aliphatic rings. The van der Waals surface area contributed by atoms with Gasteiger partial charge in [0.05, 0.1) is 11.8 Å². The van der Waals surface area contributed by atoms with Crippen LogP contribution in [0.3, 0.4) is 0 Å². The third-order valence-electron chi connectivity index (χ3n) is 3.50. The highest BCUT2D eigenvalue weighted by Crippen LogP contribution is 2.14. The molecule has 0 bridgehead atoms. The highest BCUT2D eigenvalue weighted by Gasteiger charge is 2.13. The molecule has 1 unspecified atom stereocenters. The number of nitrogens with one attached hydrogen (secondary N) is 1. The van der Waals surface area contributed by atoms with Gasteiger partial charge in [0.25, 0.3) is 0 Å². The highest BCUT2D eigenvalue weighted by molar-refractivity contribution is 5.73. The minimum Gasteiger partial charge on any atom is -0.392 e. The van der Waals surface area contributed by atoms with Crippen molar-refractivity contribution in [3.8, 4) is 0 Å². The molecule has 1 aromatic heterocycles. The number of carbonyl (C=O) groups is 1. The maximum Gasteiger partial charge on any atom is 0.317 e. The Morgan fingerprint density at radius 3 is 3.10 bits per heavy atom. The van der Waals surface area contributed by atoms with E-state index in [-0.39, 0.29) is 6.03 Å². The molecule has 2 N–H and O–H groups in total. The zero-order valence-corrected chi connectivity index (χ0v) is 12.3. The molecule has 0 spiro atoms. The molecule has 112 valence electrons. The molecule has 0 aliphatic carbocycles. The van der Waals surface area contributed by atoms with E-state index in [9.17, 15) is 9.90 Å². The highest BCUT2D eigenvalue weighted by atomic mass is 16.3. The first-order chi connectivity index (χ1) is 9.56. The van der Waals surface area contributed by atoms with Crippen molar-refractivity contribution in [3.05, 3.63) is 17.7 Å². The van der Waals surface area contributed by atoms with Crippen molar-refractivity contribution in [3.63, 3.8) is 0 Å². The van der Waals surface area contributed by atoms with Gasteiger partial charge in [-0.05, 0) is 19.8 Å². The van der Waals surface area contributed by atoms with E-state index in [4.69, 9.17) is 0 Å². The van der Waals surface area contributed by atoms with E-state index >= 15 is 0 Å². The molecule has 0 radical (unpaired) electrons. The molecule has 6 nitrogen and oxygen atoms in total. The Hall–Kier alpha value is -1.56. The molecule has 0 fully saturated rings. The van der Waals surface area contributed by atoms with E-state index in [1.807, 2.05) is 0 Å². The van der Waals surface area contributed by atoms with E-state index in [1.54, 1.807) is 14.0 Å². The Labute approximate surface area is 119 Å². The number of hydrogen-bond acceptors (Lipinski definition) is 3. The summed E-state index contributed by atoms with van der Waals surface area (Å²) >= 11 is 0. The Bertz CT molecular complexity index is 433. The molecular formula is C14H24N4O2. The van der Waals surface area contributed by atoms with Gasteiger partial charge in [-0.25, -0.2) is 9.78 Å². The predicted octanol–water partition coefficient (Wildman–Crippen LogP) is 0.784. The molecule has 2 heterocycles. The van der Waals surface area contributed by atoms with Crippen LogP contribution in [0.1, 0.15) is 31.3 Å². The van der Waals surface area contributed by atoms with Crippen LogP contribution < -0.4 is 5.32 Å². The second-order valence-electron chi connectivity index (χ2n) is 5.51. The van der Waals surface area contributed by atoms with Crippen molar-refractivity contribution >= 4 is 6.03 Å². The van der Waals surface area contributed by atoms with Gasteiger partial charge in [0.15, 0.2) is 0 Å². The number of carbonyl (C=O) groups excluding carboxylic acids is 1. The number of hydrogen-bond donors (Lipinski definition) is 2. The molecule has 0 saturated carbocycles. The second kappa shape index (κ2) is 6.74. The first-order valence-electron chi connectivity index (χ1n) is 7.28. The van der Waals surface area contributed by atoms with Crippen molar-refractivity contribution in [1.29, 1.82) is 0 Å². The molecule has 1 atom stereocenters. The zero-order chi connectivity index (χ0) is 14.5. The Balaban J connectivity index is 1.75. The minimum atomic E-state index is -0.509. The lowest BCUT2D eigenvalue weighted by Crippen LogP contribution is -2.41. The molecule has 2 amide bonds. The van der Waals surface area contributed by atoms with Crippen LogP contribution in [0.5, 0.6) is 0 Å². The van der Waals surface area contributed by atoms with Gasteiger partial charge in [-0.1, -0.05) is 0 Å². The smallest absolute Gasteiger partial charge is 0.317 e. The lowest BCUT2D eigenvalue weighted by atomic mass is 10.2. The summed E-state index contributed by atoms with van der Waals surface area (Å²) in [5, 5.41) is 12.1. The summed E-state index contributed by atoms with van der Waals surface area (Å²) in [5.41, 5.74) is 1.04. The van der Waals surface area contributed by atoms with Crippen LogP contribution in [-0.2, 0) is 19.4 Å². The Kier molecular flexibility index (Phi) is 5.00. The largest absolute Gasteiger partial charge is 0.392 e. The van der Waals surface area contributed by atoms with Gasteiger partial charge in [-0.15, -0.1) is 0 Å². The zero-order valence-electron chi connectivity index (χ0n) is 12.3. The Morgan fingerprint density at radius 2 is 2.40 bits per heavy atom. The summed E-state index contributed by atoms with van der Waals surface area (Å²) in [6, 6.07) is -0.158. The number of urea groups is 1. The number of aliphatic hydroxyl groups excluding tert-OH is 1. The van der Waals surface area contributed by atoms with E-state index in [1.165, 1.54) is 23.6 Å². The second-order valence-corrected chi connectivity index (χ2v) is 5.51. The summed E-state index contributed by atoms with van der Waals surface area (Å²) < 4.78 is 2.22. The monoisotopic (exact) mass is 280 g/mol. The van der Waals surface area contributed by atoms with Gasteiger partial charge in [-0.3, -0.25) is 0 Å². The fraction of sp³-hybridized carbons (Fsp3) is 0.714. The summed E-state index contributed by atoms with van der Waals surface area (Å²) in [6.07, 6.45) is 5.84. The lowest BCUT2D eigenvalue weighted by Gasteiger charge is -2.19. The number of likely N-dealkylation sites (N-methyl/N-ethyl adjacent to an activating group) is 1. The van der Waals surface area contributed by atoms with Crippen molar-refractivity contribution < 1.29 is 9.90 Å². The summed E-state index contributed by atoms with van der Waals surface area (Å²) in [5.74, 6) is 1.17. The summed E-state index contributed by atoms with van der Waals surface area (Å²) in [7, 11) is 1.68. The molecule has 6 heteroatoms. The van der Waals surface area contributed by atoms with Gasteiger partial charge >= 0.3 is 6.03 Å². The van der Waals surface area contributed by atoms with E-state index in [0.717, 1.165) is 25.1 Å².